The fraction of sp³-hybridized carbons (Fsp3) is 0.714. The van der Waals surface area contributed by atoms with Crippen LogP contribution in [-0.4, -0.2) is 8.32 Å². The first-order chi connectivity index (χ1) is 9.97. The summed E-state index contributed by atoms with van der Waals surface area (Å²) in [6.45, 7) is 27.5. The Hall–Kier alpha value is -0.763. The Morgan fingerprint density at radius 3 is 1.35 bits per heavy atom. The van der Waals surface area contributed by atoms with E-state index in [4.69, 9.17) is 4.43 Å². The molecule has 0 fully saturated rings. The quantitative estimate of drug-likeness (QED) is 0.530. The lowest BCUT2D eigenvalue weighted by Gasteiger charge is -2.40. The minimum atomic E-state index is -1.88. The molecule has 0 aliphatic rings. The molecule has 0 aliphatic carbocycles. The van der Waals surface area contributed by atoms with Crippen molar-refractivity contribution >= 4 is 8.32 Å². The summed E-state index contributed by atoms with van der Waals surface area (Å²) in [5.41, 5.74) is 4.15. The first-order valence-electron chi connectivity index (χ1n) is 8.81. The highest BCUT2D eigenvalue weighted by Gasteiger charge is 2.41. The molecule has 1 aromatic carbocycles. The topological polar surface area (TPSA) is 9.23 Å². The van der Waals surface area contributed by atoms with Crippen molar-refractivity contribution in [3.05, 3.63) is 28.8 Å². The maximum atomic E-state index is 6.88. The highest BCUT2D eigenvalue weighted by atomic mass is 28.4. The molecule has 0 heterocycles. The van der Waals surface area contributed by atoms with Gasteiger partial charge in [0.1, 0.15) is 5.75 Å². The van der Waals surface area contributed by atoms with Crippen molar-refractivity contribution in [1.82, 2.24) is 0 Å². The van der Waals surface area contributed by atoms with Gasteiger partial charge in [0.25, 0.3) is 8.32 Å². The normalized spacial score (nSPS) is 14.1. The summed E-state index contributed by atoms with van der Waals surface area (Å²) in [5, 5.41) is 0.197. The summed E-state index contributed by atoms with van der Waals surface area (Å²) < 4.78 is 6.88. The van der Waals surface area contributed by atoms with Crippen LogP contribution in [0.4, 0.5) is 0 Å². The second kappa shape index (κ2) is 5.95. The molecule has 0 bridgehead atoms. The molecular weight excluding hydrogens is 296 g/mol. The largest absolute Gasteiger partial charge is 0.543 e. The molecule has 0 aromatic heterocycles. The predicted molar refractivity (Wildman–Crippen MR) is 106 cm³/mol. The predicted octanol–water partition coefficient (Wildman–Crippen LogP) is 6.97. The van der Waals surface area contributed by atoms with Gasteiger partial charge in [0, 0.05) is 0 Å². The summed E-state index contributed by atoms with van der Waals surface area (Å²) in [7, 11) is -1.88. The van der Waals surface area contributed by atoms with E-state index in [9.17, 15) is 0 Å². The Morgan fingerprint density at radius 1 is 0.739 bits per heavy atom. The molecule has 0 atom stereocenters. The molecule has 2 heteroatoms. The molecule has 1 nitrogen and oxygen atoms in total. The van der Waals surface area contributed by atoms with Gasteiger partial charge in [0.15, 0.2) is 0 Å². The molecule has 0 radical (unpaired) electrons. The molecule has 1 aromatic rings. The van der Waals surface area contributed by atoms with Crippen LogP contribution in [-0.2, 0) is 10.8 Å². The number of aryl methyl sites for hydroxylation is 1. The lowest BCUT2D eigenvalue weighted by molar-refractivity contribution is 0.446. The van der Waals surface area contributed by atoms with Crippen molar-refractivity contribution in [2.45, 2.75) is 98.2 Å². The van der Waals surface area contributed by atoms with E-state index in [2.05, 4.69) is 94.5 Å². The van der Waals surface area contributed by atoms with E-state index in [0.29, 0.717) is 0 Å². The van der Waals surface area contributed by atoms with Gasteiger partial charge in [-0.05, 0) is 47.0 Å². The van der Waals surface area contributed by atoms with Gasteiger partial charge in [0.05, 0.1) is 0 Å². The average molecular weight is 335 g/mol. The van der Waals surface area contributed by atoms with Crippen LogP contribution in [0.25, 0.3) is 0 Å². The number of rotatable bonds is 2. The van der Waals surface area contributed by atoms with E-state index in [1.807, 2.05) is 0 Å². The fourth-order valence-electron chi connectivity index (χ4n) is 2.41. The lowest BCUT2D eigenvalue weighted by atomic mass is 9.78. The summed E-state index contributed by atoms with van der Waals surface area (Å²) in [4.78, 5) is 0. The molecule has 0 saturated carbocycles. The van der Waals surface area contributed by atoms with Gasteiger partial charge in [-0.15, -0.1) is 0 Å². The third-order valence-electron chi connectivity index (χ3n) is 5.01. The first kappa shape index (κ1) is 20.3. The standard InChI is InChI=1S/C21H38OSi/c1-15-13-16(19(2,3)4)18(17(14-15)20(5,6)7)22-23(11,12)21(8,9)10/h13-14H,1-12H3. The molecule has 0 aliphatic heterocycles. The van der Waals surface area contributed by atoms with Gasteiger partial charge in [-0.2, -0.15) is 0 Å². The minimum absolute atomic E-state index is 0.0731. The van der Waals surface area contributed by atoms with Gasteiger partial charge in [-0.1, -0.05) is 80.0 Å². The monoisotopic (exact) mass is 334 g/mol. The molecule has 132 valence electrons. The van der Waals surface area contributed by atoms with E-state index >= 15 is 0 Å². The van der Waals surface area contributed by atoms with Gasteiger partial charge in [-0.3, -0.25) is 0 Å². The summed E-state index contributed by atoms with van der Waals surface area (Å²) in [6.07, 6.45) is 0. The second-order valence-corrected chi connectivity index (χ2v) is 15.3. The Kier molecular flexibility index (Phi) is 5.25. The van der Waals surface area contributed by atoms with Gasteiger partial charge < -0.3 is 4.43 Å². The average Bonchev–Trinajstić information content (AvgIpc) is 2.26. The Morgan fingerprint density at radius 2 is 1.09 bits per heavy atom. The van der Waals surface area contributed by atoms with Gasteiger partial charge in [0.2, 0.25) is 0 Å². The molecule has 0 spiro atoms. The van der Waals surface area contributed by atoms with Crippen LogP contribution in [0.2, 0.25) is 18.1 Å². The van der Waals surface area contributed by atoms with E-state index in [1.165, 1.54) is 16.7 Å². The van der Waals surface area contributed by atoms with E-state index in [1.54, 1.807) is 0 Å². The molecule has 23 heavy (non-hydrogen) atoms. The smallest absolute Gasteiger partial charge is 0.250 e. The zero-order valence-electron chi connectivity index (χ0n) is 17.6. The number of hydrogen-bond acceptors (Lipinski definition) is 1. The molecule has 0 saturated heterocycles. The zero-order valence-corrected chi connectivity index (χ0v) is 18.6. The maximum absolute atomic E-state index is 6.88. The van der Waals surface area contributed by atoms with Crippen LogP contribution < -0.4 is 4.43 Å². The van der Waals surface area contributed by atoms with Crippen molar-refractivity contribution in [2.75, 3.05) is 0 Å². The minimum Gasteiger partial charge on any atom is -0.543 e. The molecule has 0 N–H and O–H groups in total. The van der Waals surface area contributed by atoms with Crippen molar-refractivity contribution in [2.24, 2.45) is 0 Å². The number of benzene rings is 1. The highest BCUT2D eigenvalue weighted by Crippen LogP contribution is 2.45. The summed E-state index contributed by atoms with van der Waals surface area (Å²) in [6, 6.07) is 4.63. The summed E-state index contributed by atoms with van der Waals surface area (Å²) >= 11 is 0. The molecular formula is C21H38OSi. The molecule has 1 rings (SSSR count). The highest BCUT2D eigenvalue weighted by molar-refractivity contribution is 6.74. The van der Waals surface area contributed by atoms with Crippen LogP contribution >= 0.6 is 0 Å². The van der Waals surface area contributed by atoms with Crippen LogP contribution in [0.1, 0.15) is 79.0 Å². The van der Waals surface area contributed by atoms with Crippen molar-refractivity contribution < 1.29 is 4.43 Å². The zero-order chi connectivity index (χ0) is 18.4. The Bertz CT molecular complexity index is 528. The van der Waals surface area contributed by atoms with Gasteiger partial charge in [-0.25, -0.2) is 0 Å². The maximum Gasteiger partial charge on any atom is 0.250 e. The lowest BCUT2D eigenvalue weighted by Crippen LogP contribution is -2.45. The number of hydrogen-bond donors (Lipinski definition) is 0. The van der Waals surface area contributed by atoms with E-state index < -0.39 is 8.32 Å². The van der Waals surface area contributed by atoms with Crippen LogP contribution in [0.5, 0.6) is 5.75 Å². The van der Waals surface area contributed by atoms with Crippen LogP contribution in [0, 0.1) is 6.92 Å². The SMILES string of the molecule is Cc1cc(C(C)(C)C)c(O[Si](C)(C)C(C)(C)C)c(C(C)(C)C)c1. The third-order valence-corrected chi connectivity index (χ3v) is 9.34. The van der Waals surface area contributed by atoms with Crippen LogP contribution in [0.3, 0.4) is 0 Å². The van der Waals surface area contributed by atoms with Crippen molar-refractivity contribution in [3.8, 4) is 5.75 Å². The van der Waals surface area contributed by atoms with Crippen LogP contribution in [0.15, 0.2) is 12.1 Å². The Balaban J connectivity index is 3.67. The van der Waals surface area contributed by atoms with E-state index in [0.717, 1.165) is 5.75 Å². The fourth-order valence-corrected chi connectivity index (χ4v) is 3.44. The van der Waals surface area contributed by atoms with Crippen molar-refractivity contribution in [3.63, 3.8) is 0 Å². The Labute approximate surface area is 146 Å². The summed E-state index contributed by atoms with van der Waals surface area (Å²) in [5.74, 6) is 1.14. The third kappa shape index (κ3) is 4.62. The second-order valence-electron chi connectivity index (χ2n) is 10.6. The van der Waals surface area contributed by atoms with E-state index in [-0.39, 0.29) is 15.9 Å². The van der Waals surface area contributed by atoms with Crippen molar-refractivity contribution in [1.29, 1.82) is 0 Å². The molecule has 0 amide bonds. The first-order valence-corrected chi connectivity index (χ1v) is 11.7. The van der Waals surface area contributed by atoms with Gasteiger partial charge >= 0.3 is 0 Å². The molecule has 0 unspecified atom stereocenters.